The first-order chi connectivity index (χ1) is 12.5. The van der Waals surface area contributed by atoms with Gasteiger partial charge in [-0.2, -0.15) is 0 Å². The second-order valence-corrected chi connectivity index (χ2v) is 6.58. The van der Waals surface area contributed by atoms with Gasteiger partial charge in [0.1, 0.15) is 0 Å². The van der Waals surface area contributed by atoms with E-state index in [9.17, 15) is 14.9 Å². The lowest BCUT2D eigenvalue weighted by Crippen LogP contribution is -2.24. The van der Waals surface area contributed by atoms with Gasteiger partial charge in [0.2, 0.25) is 5.91 Å². The average molecular weight is 351 g/mol. The molecule has 0 fully saturated rings. The number of benzene rings is 2. The maximum Gasteiger partial charge on any atom is 0.276 e. The standard InChI is InChI=1S/C20H21N3O3/c1-14(2)22-12-16-7-5-8-18(17(16)13-22)21-20(24)11-10-15-6-3-4-9-19(15)23(25)26/h3-11,14H,12-13H2,1-2H3,(H,21,24)/b11-10+. The number of nitro groups is 1. The first-order valence-corrected chi connectivity index (χ1v) is 8.53. The number of anilines is 1. The molecule has 0 unspecified atom stereocenters. The fourth-order valence-electron chi connectivity index (χ4n) is 3.06. The van der Waals surface area contributed by atoms with Crippen molar-refractivity contribution < 1.29 is 9.72 Å². The Kier molecular flexibility index (Phi) is 5.14. The van der Waals surface area contributed by atoms with Crippen LogP contribution in [-0.4, -0.2) is 21.8 Å². The summed E-state index contributed by atoms with van der Waals surface area (Å²) >= 11 is 0. The minimum atomic E-state index is -0.456. The predicted molar refractivity (Wildman–Crippen MR) is 102 cm³/mol. The molecule has 0 aromatic heterocycles. The van der Waals surface area contributed by atoms with Crippen LogP contribution in [0.5, 0.6) is 0 Å². The highest BCUT2D eigenvalue weighted by molar-refractivity contribution is 6.02. The highest BCUT2D eigenvalue weighted by Gasteiger charge is 2.23. The average Bonchev–Trinajstić information content (AvgIpc) is 3.06. The third-order valence-corrected chi connectivity index (χ3v) is 4.54. The van der Waals surface area contributed by atoms with Crippen molar-refractivity contribution in [3.63, 3.8) is 0 Å². The Bertz CT molecular complexity index is 874. The summed E-state index contributed by atoms with van der Waals surface area (Å²) < 4.78 is 0. The number of nitrogens with one attached hydrogen (secondary N) is 1. The first-order valence-electron chi connectivity index (χ1n) is 8.53. The molecule has 1 N–H and O–H groups in total. The second-order valence-electron chi connectivity index (χ2n) is 6.58. The summed E-state index contributed by atoms with van der Waals surface area (Å²) in [5.41, 5.74) is 3.53. The second kappa shape index (κ2) is 7.49. The molecule has 2 aromatic carbocycles. The normalized spacial score (nSPS) is 14.0. The molecular weight excluding hydrogens is 330 g/mol. The van der Waals surface area contributed by atoms with Crippen LogP contribution in [-0.2, 0) is 17.9 Å². The molecule has 3 rings (SSSR count). The number of para-hydroxylation sites is 1. The summed E-state index contributed by atoms with van der Waals surface area (Å²) in [6.07, 6.45) is 2.80. The molecule has 0 spiro atoms. The predicted octanol–water partition coefficient (Wildman–Crippen LogP) is 3.97. The van der Waals surface area contributed by atoms with Crippen molar-refractivity contribution in [2.75, 3.05) is 5.32 Å². The monoisotopic (exact) mass is 351 g/mol. The van der Waals surface area contributed by atoms with Crippen LogP contribution in [0.15, 0.2) is 48.5 Å². The van der Waals surface area contributed by atoms with Crippen LogP contribution in [0, 0.1) is 10.1 Å². The van der Waals surface area contributed by atoms with Gasteiger partial charge in [0.15, 0.2) is 0 Å². The quantitative estimate of drug-likeness (QED) is 0.502. The molecule has 134 valence electrons. The zero-order valence-corrected chi connectivity index (χ0v) is 14.8. The number of carbonyl (C=O) groups excluding carboxylic acids is 1. The van der Waals surface area contributed by atoms with Crippen molar-refractivity contribution >= 4 is 23.4 Å². The summed E-state index contributed by atoms with van der Waals surface area (Å²) in [5, 5.41) is 13.9. The van der Waals surface area contributed by atoms with Crippen LogP contribution in [0.1, 0.15) is 30.5 Å². The smallest absolute Gasteiger partial charge is 0.276 e. The van der Waals surface area contributed by atoms with Crippen LogP contribution < -0.4 is 5.32 Å². The Balaban J connectivity index is 1.75. The van der Waals surface area contributed by atoms with E-state index in [1.807, 2.05) is 12.1 Å². The van der Waals surface area contributed by atoms with E-state index in [1.54, 1.807) is 18.2 Å². The molecule has 1 aliphatic rings. The van der Waals surface area contributed by atoms with Crippen molar-refractivity contribution in [3.05, 3.63) is 75.3 Å². The lowest BCUT2D eigenvalue weighted by Gasteiger charge is -2.19. The molecule has 26 heavy (non-hydrogen) atoms. The molecule has 0 saturated carbocycles. The van der Waals surface area contributed by atoms with Gasteiger partial charge in [0, 0.05) is 37.0 Å². The molecule has 6 heteroatoms. The SMILES string of the molecule is CC(C)N1Cc2cccc(NC(=O)/C=C/c3ccccc3[N+](=O)[O-])c2C1. The van der Waals surface area contributed by atoms with Gasteiger partial charge in [-0.1, -0.05) is 24.3 Å². The lowest BCUT2D eigenvalue weighted by atomic mass is 10.1. The van der Waals surface area contributed by atoms with Crippen molar-refractivity contribution in [2.24, 2.45) is 0 Å². The number of hydrogen-bond donors (Lipinski definition) is 1. The van der Waals surface area contributed by atoms with Crippen LogP contribution in [0.4, 0.5) is 11.4 Å². The van der Waals surface area contributed by atoms with E-state index < -0.39 is 4.92 Å². The zero-order chi connectivity index (χ0) is 18.7. The lowest BCUT2D eigenvalue weighted by molar-refractivity contribution is -0.385. The van der Waals surface area contributed by atoms with E-state index in [2.05, 4.69) is 30.1 Å². The Hall–Kier alpha value is -2.99. The Morgan fingerprint density at radius 1 is 1.19 bits per heavy atom. The number of carbonyl (C=O) groups is 1. The van der Waals surface area contributed by atoms with E-state index in [0.717, 1.165) is 24.3 Å². The molecule has 1 amide bonds. The van der Waals surface area contributed by atoms with Crippen LogP contribution in [0.2, 0.25) is 0 Å². The fraction of sp³-hybridized carbons (Fsp3) is 0.250. The van der Waals surface area contributed by atoms with Crippen LogP contribution in [0.25, 0.3) is 6.08 Å². The number of amides is 1. The van der Waals surface area contributed by atoms with Crippen molar-refractivity contribution in [1.82, 2.24) is 4.90 Å². The number of rotatable bonds is 5. The topological polar surface area (TPSA) is 75.5 Å². The van der Waals surface area contributed by atoms with Crippen LogP contribution >= 0.6 is 0 Å². The molecule has 1 heterocycles. The summed E-state index contributed by atoms with van der Waals surface area (Å²) in [4.78, 5) is 25.2. The van der Waals surface area contributed by atoms with E-state index in [1.165, 1.54) is 23.8 Å². The highest BCUT2D eigenvalue weighted by atomic mass is 16.6. The van der Waals surface area contributed by atoms with Gasteiger partial charge in [-0.3, -0.25) is 19.8 Å². The minimum Gasteiger partial charge on any atom is -0.322 e. The van der Waals surface area contributed by atoms with Crippen molar-refractivity contribution in [1.29, 1.82) is 0 Å². The number of nitro benzene ring substituents is 1. The van der Waals surface area contributed by atoms with Gasteiger partial charge >= 0.3 is 0 Å². The summed E-state index contributed by atoms with van der Waals surface area (Å²) in [5.74, 6) is -0.306. The van der Waals surface area contributed by atoms with E-state index >= 15 is 0 Å². The third kappa shape index (κ3) is 3.81. The van der Waals surface area contributed by atoms with E-state index in [4.69, 9.17) is 0 Å². The third-order valence-electron chi connectivity index (χ3n) is 4.54. The molecule has 0 radical (unpaired) electrons. The molecule has 1 aliphatic heterocycles. The molecule has 0 bridgehead atoms. The number of fused-ring (bicyclic) bond motifs is 1. The Morgan fingerprint density at radius 2 is 1.96 bits per heavy atom. The molecular formula is C20H21N3O3. The van der Waals surface area contributed by atoms with Gasteiger partial charge in [-0.15, -0.1) is 0 Å². The molecule has 6 nitrogen and oxygen atoms in total. The van der Waals surface area contributed by atoms with E-state index in [-0.39, 0.29) is 11.6 Å². The van der Waals surface area contributed by atoms with Crippen molar-refractivity contribution in [3.8, 4) is 0 Å². The fourth-order valence-corrected chi connectivity index (χ4v) is 3.06. The van der Waals surface area contributed by atoms with Gasteiger partial charge < -0.3 is 5.32 Å². The first kappa shape index (κ1) is 17.8. The maximum atomic E-state index is 12.3. The van der Waals surface area contributed by atoms with Gasteiger partial charge in [-0.05, 0) is 43.2 Å². The summed E-state index contributed by atoms with van der Waals surface area (Å²) in [6, 6.07) is 12.7. The summed E-state index contributed by atoms with van der Waals surface area (Å²) in [7, 11) is 0. The van der Waals surface area contributed by atoms with Crippen molar-refractivity contribution in [2.45, 2.75) is 33.0 Å². The zero-order valence-electron chi connectivity index (χ0n) is 14.8. The maximum absolute atomic E-state index is 12.3. The molecule has 0 atom stereocenters. The Labute approximate surface area is 152 Å². The van der Waals surface area contributed by atoms with Crippen LogP contribution in [0.3, 0.4) is 0 Å². The minimum absolute atomic E-state index is 0.0234. The number of nitrogens with zero attached hydrogens (tertiary/aromatic N) is 2. The van der Waals surface area contributed by atoms with Gasteiger partial charge in [-0.25, -0.2) is 0 Å². The van der Waals surface area contributed by atoms with Gasteiger partial charge in [0.05, 0.1) is 10.5 Å². The Morgan fingerprint density at radius 3 is 2.69 bits per heavy atom. The molecule has 0 saturated heterocycles. The highest BCUT2D eigenvalue weighted by Crippen LogP contribution is 2.30. The molecule has 0 aliphatic carbocycles. The number of hydrogen-bond acceptors (Lipinski definition) is 4. The van der Waals surface area contributed by atoms with Gasteiger partial charge in [0.25, 0.3) is 5.69 Å². The summed E-state index contributed by atoms with van der Waals surface area (Å²) in [6.45, 7) is 5.99. The molecule has 2 aromatic rings. The largest absolute Gasteiger partial charge is 0.322 e. The van der Waals surface area contributed by atoms with E-state index in [0.29, 0.717) is 11.6 Å².